The number of aromatic nitrogens is 4. The highest BCUT2D eigenvalue weighted by molar-refractivity contribution is 6.02. The summed E-state index contributed by atoms with van der Waals surface area (Å²) in [5, 5.41) is 6.90. The zero-order chi connectivity index (χ0) is 19.3. The average molecular weight is 376 g/mol. The van der Waals surface area contributed by atoms with Gasteiger partial charge in [-0.3, -0.25) is 19.3 Å². The van der Waals surface area contributed by atoms with Crippen LogP contribution in [0.5, 0.6) is 0 Å². The van der Waals surface area contributed by atoms with E-state index in [1.165, 1.54) is 11.9 Å². The van der Waals surface area contributed by atoms with Gasteiger partial charge in [0.15, 0.2) is 0 Å². The number of pyridine rings is 1. The molecule has 0 unspecified atom stereocenters. The molecule has 1 aliphatic heterocycles. The van der Waals surface area contributed by atoms with Crippen molar-refractivity contribution in [3.05, 3.63) is 72.1 Å². The summed E-state index contributed by atoms with van der Waals surface area (Å²) in [6.45, 7) is 1.75. The van der Waals surface area contributed by atoms with Gasteiger partial charge in [0.25, 0.3) is 5.91 Å². The van der Waals surface area contributed by atoms with Crippen LogP contribution in [-0.4, -0.2) is 43.0 Å². The van der Waals surface area contributed by atoms with Gasteiger partial charge in [0.05, 0.1) is 6.54 Å². The first-order valence-electron chi connectivity index (χ1n) is 9.13. The molecule has 3 aromatic rings. The highest BCUT2D eigenvalue weighted by Crippen LogP contribution is 2.23. The first kappa shape index (κ1) is 17.8. The quantitative estimate of drug-likeness (QED) is 0.734. The van der Waals surface area contributed by atoms with Crippen LogP contribution in [0.1, 0.15) is 28.0 Å². The number of anilines is 1. The number of aryl methyl sites for hydroxylation is 1. The lowest BCUT2D eigenvalue weighted by molar-refractivity contribution is -0.132. The summed E-state index contributed by atoms with van der Waals surface area (Å²) in [6.07, 6.45) is 5.84. The molecule has 2 amide bonds. The Bertz CT molecular complexity index is 972. The molecule has 1 aromatic carbocycles. The second-order valence-corrected chi connectivity index (χ2v) is 6.63. The van der Waals surface area contributed by atoms with Gasteiger partial charge in [-0.05, 0) is 41.8 Å². The minimum atomic E-state index is -0.253. The molecule has 2 aromatic heterocycles. The SMILES string of the molecule is O=C(Nc1ccc2c(c1)CN(C(=O)CCn1cncn1)CC2)c1ccccn1. The van der Waals surface area contributed by atoms with Crippen LogP contribution in [0.15, 0.2) is 55.2 Å². The molecule has 28 heavy (non-hydrogen) atoms. The maximum Gasteiger partial charge on any atom is 0.274 e. The van der Waals surface area contributed by atoms with E-state index in [0.29, 0.717) is 37.4 Å². The third-order valence-electron chi connectivity index (χ3n) is 4.75. The molecule has 0 bridgehead atoms. The molecule has 1 N–H and O–H groups in total. The fraction of sp³-hybridized carbons (Fsp3) is 0.250. The van der Waals surface area contributed by atoms with Crippen LogP contribution in [0, 0.1) is 0 Å². The van der Waals surface area contributed by atoms with Gasteiger partial charge in [0.1, 0.15) is 18.3 Å². The van der Waals surface area contributed by atoms with Gasteiger partial charge in [-0.1, -0.05) is 12.1 Å². The molecule has 0 spiro atoms. The van der Waals surface area contributed by atoms with Gasteiger partial charge in [-0.25, -0.2) is 4.98 Å². The summed E-state index contributed by atoms with van der Waals surface area (Å²) in [6, 6.07) is 11.1. The molecule has 142 valence electrons. The molecule has 0 fully saturated rings. The first-order chi connectivity index (χ1) is 13.7. The number of carbonyl (C=O) groups is 2. The number of hydrogen-bond acceptors (Lipinski definition) is 5. The molecule has 8 heteroatoms. The van der Waals surface area contributed by atoms with Crippen LogP contribution in [0.25, 0.3) is 0 Å². The fourth-order valence-electron chi connectivity index (χ4n) is 3.26. The lowest BCUT2D eigenvalue weighted by atomic mass is 9.98. The van der Waals surface area contributed by atoms with Crippen molar-refractivity contribution in [2.24, 2.45) is 0 Å². The van der Waals surface area contributed by atoms with Crippen molar-refractivity contribution >= 4 is 17.5 Å². The predicted octanol–water partition coefficient (Wildman–Crippen LogP) is 1.90. The largest absolute Gasteiger partial charge is 0.338 e. The normalized spacial score (nSPS) is 13.1. The maximum atomic E-state index is 12.5. The van der Waals surface area contributed by atoms with Crippen molar-refractivity contribution in [3.8, 4) is 0 Å². The number of carbonyl (C=O) groups excluding carboxylic acids is 2. The molecular formula is C20H20N6O2. The van der Waals surface area contributed by atoms with E-state index in [0.717, 1.165) is 12.0 Å². The van der Waals surface area contributed by atoms with Crippen LogP contribution in [0.2, 0.25) is 0 Å². The van der Waals surface area contributed by atoms with Crippen LogP contribution in [0.3, 0.4) is 0 Å². The second kappa shape index (κ2) is 7.99. The van der Waals surface area contributed by atoms with E-state index in [2.05, 4.69) is 20.4 Å². The zero-order valence-electron chi connectivity index (χ0n) is 15.3. The molecule has 0 saturated carbocycles. The number of amides is 2. The van der Waals surface area contributed by atoms with Gasteiger partial charge in [-0.15, -0.1) is 0 Å². The molecule has 1 aliphatic rings. The summed E-state index contributed by atoms with van der Waals surface area (Å²) in [5.74, 6) is -0.166. The summed E-state index contributed by atoms with van der Waals surface area (Å²) in [4.78, 5) is 34.6. The minimum absolute atomic E-state index is 0.0871. The third-order valence-corrected chi connectivity index (χ3v) is 4.75. The van der Waals surface area contributed by atoms with Crippen LogP contribution in [0.4, 0.5) is 5.69 Å². The molecule has 0 saturated heterocycles. The van der Waals surface area contributed by atoms with Crippen molar-refractivity contribution < 1.29 is 9.59 Å². The molecule has 3 heterocycles. The van der Waals surface area contributed by atoms with Crippen molar-refractivity contribution in [3.63, 3.8) is 0 Å². The van der Waals surface area contributed by atoms with E-state index in [9.17, 15) is 9.59 Å². The molecule has 0 radical (unpaired) electrons. The number of benzene rings is 1. The standard InChI is InChI=1S/C20H20N6O2/c27-19(7-10-26-14-21-13-23-26)25-9-6-15-4-5-17(11-16(15)12-25)24-20(28)18-3-1-2-8-22-18/h1-5,8,11,13-14H,6-7,9-10,12H2,(H,24,28). The van der Waals surface area contributed by atoms with E-state index in [1.54, 1.807) is 35.4 Å². The average Bonchev–Trinajstić information content (AvgIpc) is 3.26. The number of nitrogens with one attached hydrogen (secondary N) is 1. The van der Waals surface area contributed by atoms with E-state index < -0.39 is 0 Å². The van der Waals surface area contributed by atoms with Gasteiger partial charge in [0.2, 0.25) is 5.91 Å². The monoisotopic (exact) mass is 376 g/mol. The Kier molecular flexibility index (Phi) is 5.09. The van der Waals surface area contributed by atoms with E-state index in [1.807, 2.05) is 23.1 Å². The summed E-state index contributed by atoms with van der Waals surface area (Å²) in [5.41, 5.74) is 3.33. The first-order valence-corrected chi connectivity index (χ1v) is 9.13. The number of rotatable bonds is 5. The predicted molar refractivity (Wildman–Crippen MR) is 102 cm³/mol. The summed E-state index contributed by atoms with van der Waals surface area (Å²) in [7, 11) is 0. The lowest BCUT2D eigenvalue weighted by Gasteiger charge is -2.29. The zero-order valence-corrected chi connectivity index (χ0v) is 15.3. The Labute approximate surface area is 162 Å². The maximum absolute atomic E-state index is 12.5. The number of nitrogens with zero attached hydrogens (tertiary/aromatic N) is 5. The minimum Gasteiger partial charge on any atom is -0.338 e. The summed E-state index contributed by atoms with van der Waals surface area (Å²) < 4.78 is 1.65. The van der Waals surface area contributed by atoms with Gasteiger partial charge in [-0.2, -0.15) is 5.10 Å². The number of hydrogen-bond donors (Lipinski definition) is 1. The molecular weight excluding hydrogens is 356 g/mol. The molecule has 8 nitrogen and oxygen atoms in total. The van der Waals surface area contributed by atoms with Crippen LogP contribution in [-0.2, 0) is 24.3 Å². The van der Waals surface area contributed by atoms with E-state index in [4.69, 9.17) is 0 Å². The Morgan fingerprint density at radius 3 is 2.86 bits per heavy atom. The Balaban J connectivity index is 1.40. The van der Waals surface area contributed by atoms with Crippen LogP contribution < -0.4 is 5.32 Å². The topological polar surface area (TPSA) is 93.0 Å². The van der Waals surface area contributed by atoms with Gasteiger partial charge < -0.3 is 10.2 Å². The highest BCUT2D eigenvalue weighted by atomic mass is 16.2. The Hall–Kier alpha value is -3.55. The van der Waals surface area contributed by atoms with E-state index in [-0.39, 0.29) is 11.8 Å². The molecule has 0 aliphatic carbocycles. The van der Waals surface area contributed by atoms with Crippen molar-refractivity contribution in [1.29, 1.82) is 0 Å². The summed E-state index contributed by atoms with van der Waals surface area (Å²) >= 11 is 0. The Morgan fingerprint density at radius 2 is 2.07 bits per heavy atom. The smallest absolute Gasteiger partial charge is 0.274 e. The van der Waals surface area contributed by atoms with E-state index >= 15 is 0 Å². The Morgan fingerprint density at radius 1 is 1.14 bits per heavy atom. The molecule has 4 rings (SSSR count). The van der Waals surface area contributed by atoms with Crippen LogP contribution >= 0.6 is 0 Å². The molecule has 0 atom stereocenters. The lowest BCUT2D eigenvalue weighted by Crippen LogP contribution is -2.36. The van der Waals surface area contributed by atoms with Crippen molar-refractivity contribution in [2.75, 3.05) is 11.9 Å². The highest BCUT2D eigenvalue weighted by Gasteiger charge is 2.21. The van der Waals surface area contributed by atoms with Crippen molar-refractivity contribution in [1.82, 2.24) is 24.6 Å². The number of fused-ring (bicyclic) bond motifs is 1. The van der Waals surface area contributed by atoms with Crippen molar-refractivity contribution in [2.45, 2.75) is 25.9 Å². The second-order valence-electron chi connectivity index (χ2n) is 6.63. The van der Waals surface area contributed by atoms with Gasteiger partial charge in [0, 0.05) is 31.4 Å². The third kappa shape index (κ3) is 4.06. The fourth-order valence-corrected chi connectivity index (χ4v) is 3.26. The van der Waals surface area contributed by atoms with Gasteiger partial charge >= 0.3 is 0 Å².